The molecule has 0 radical (unpaired) electrons. The summed E-state index contributed by atoms with van der Waals surface area (Å²) in [6.07, 6.45) is 13.2. The van der Waals surface area contributed by atoms with Crippen LogP contribution < -0.4 is 5.32 Å². The van der Waals surface area contributed by atoms with Gasteiger partial charge in [0.05, 0.1) is 12.2 Å². The first-order chi connectivity index (χ1) is 7.84. The predicted octanol–water partition coefficient (Wildman–Crippen LogP) is 3.26. The summed E-state index contributed by atoms with van der Waals surface area (Å²) in [4.78, 5) is 0. The van der Waals surface area contributed by atoms with Gasteiger partial charge in [-0.05, 0) is 32.6 Å². The maximum absolute atomic E-state index is 6.09. The molecule has 1 N–H and O–H groups in total. The molecule has 1 unspecified atom stereocenters. The van der Waals surface area contributed by atoms with Crippen LogP contribution in [0.25, 0.3) is 0 Å². The Morgan fingerprint density at radius 1 is 1.00 bits per heavy atom. The van der Waals surface area contributed by atoms with Crippen LogP contribution in [-0.4, -0.2) is 24.8 Å². The van der Waals surface area contributed by atoms with Crippen LogP contribution in [0.1, 0.15) is 64.7 Å². The van der Waals surface area contributed by atoms with Crippen LogP contribution in [0.5, 0.6) is 0 Å². The van der Waals surface area contributed by atoms with Gasteiger partial charge >= 0.3 is 0 Å². The molecule has 1 atom stereocenters. The number of hydrogen-bond acceptors (Lipinski definition) is 2. The average molecular weight is 225 g/mol. The normalized spacial score (nSPS) is 26.1. The quantitative estimate of drug-likeness (QED) is 0.775. The van der Waals surface area contributed by atoms with E-state index in [0.717, 1.165) is 12.6 Å². The second kappa shape index (κ2) is 6.61. The molecule has 16 heavy (non-hydrogen) atoms. The van der Waals surface area contributed by atoms with Crippen LogP contribution >= 0.6 is 0 Å². The molecule has 2 nitrogen and oxygen atoms in total. The van der Waals surface area contributed by atoms with Crippen molar-refractivity contribution in [3.05, 3.63) is 0 Å². The molecule has 2 aliphatic carbocycles. The molecule has 2 heteroatoms. The number of ether oxygens (including phenoxy) is 1. The molecule has 2 aliphatic rings. The van der Waals surface area contributed by atoms with Crippen molar-refractivity contribution in [1.29, 1.82) is 0 Å². The standard InChI is InChI=1S/C14H27NO/c1-12(11-15-13-7-5-6-8-13)16-14-9-3-2-4-10-14/h12-15H,2-11H2,1H3. The maximum atomic E-state index is 6.09. The highest BCUT2D eigenvalue weighted by atomic mass is 16.5. The van der Waals surface area contributed by atoms with E-state index < -0.39 is 0 Å². The molecule has 0 amide bonds. The fraction of sp³-hybridized carbons (Fsp3) is 1.00. The van der Waals surface area contributed by atoms with Crippen molar-refractivity contribution in [2.45, 2.75) is 83.0 Å². The summed E-state index contributed by atoms with van der Waals surface area (Å²) >= 11 is 0. The Labute approximate surface area is 100 Å². The summed E-state index contributed by atoms with van der Waals surface area (Å²) in [6.45, 7) is 3.26. The lowest BCUT2D eigenvalue weighted by molar-refractivity contribution is -0.0207. The molecule has 2 rings (SSSR count). The molecule has 0 aliphatic heterocycles. The van der Waals surface area contributed by atoms with Gasteiger partial charge in [0.15, 0.2) is 0 Å². The minimum absolute atomic E-state index is 0.392. The minimum atomic E-state index is 0.392. The topological polar surface area (TPSA) is 21.3 Å². The largest absolute Gasteiger partial charge is 0.374 e. The van der Waals surface area contributed by atoms with Crippen LogP contribution in [0.4, 0.5) is 0 Å². The van der Waals surface area contributed by atoms with Crippen molar-refractivity contribution in [3.8, 4) is 0 Å². The zero-order valence-corrected chi connectivity index (χ0v) is 10.7. The Hall–Kier alpha value is -0.0800. The lowest BCUT2D eigenvalue weighted by Gasteiger charge is -2.26. The van der Waals surface area contributed by atoms with Gasteiger partial charge in [-0.2, -0.15) is 0 Å². The average Bonchev–Trinajstić information content (AvgIpc) is 2.81. The molecule has 0 heterocycles. The van der Waals surface area contributed by atoms with E-state index in [0.29, 0.717) is 12.2 Å². The predicted molar refractivity (Wildman–Crippen MR) is 67.7 cm³/mol. The van der Waals surface area contributed by atoms with Crippen LogP contribution in [0, 0.1) is 0 Å². The molecule has 94 valence electrons. The first-order valence-electron chi connectivity index (χ1n) is 7.23. The number of nitrogens with one attached hydrogen (secondary N) is 1. The summed E-state index contributed by atoms with van der Waals surface area (Å²) in [5.74, 6) is 0. The van der Waals surface area contributed by atoms with E-state index in [1.54, 1.807) is 0 Å². The van der Waals surface area contributed by atoms with Gasteiger partial charge < -0.3 is 10.1 Å². The van der Waals surface area contributed by atoms with E-state index >= 15 is 0 Å². The highest BCUT2D eigenvalue weighted by Crippen LogP contribution is 2.22. The molecule has 0 aromatic rings. The van der Waals surface area contributed by atoms with E-state index in [-0.39, 0.29) is 0 Å². The van der Waals surface area contributed by atoms with Crippen LogP contribution in [-0.2, 0) is 4.74 Å². The van der Waals surface area contributed by atoms with Gasteiger partial charge in [-0.25, -0.2) is 0 Å². The van der Waals surface area contributed by atoms with E-state index in [1.165, 1.54) is 57.8 Å². The third-order valence-corrected chi connectivity index (χ3v) is 4.03. The summed E-state index contributed by atoms with van der Waals surface area (Å²) in [6, 6.07) is 0.775. The Bertz CT molecular complexity index is 183. The summed E-state index contributed by atoms with van der Waals surface area (Å²) in [7, 11) is 0. The van der Waals surface area contributed by atoms with Crippen molar-refractivity contribution in [3.63, 3.8) is 0 Å². The molecule has 0 spiro atoms. The van der Waals surface area contributed by atoms with E-state index in [1.807, 2.05) is 0 Å². The Kier molecular flexibility index (Phi) is 5.11. The molecule has 0 aromatic carbocycles. The molecular formula is C14H27NO. The van der Waals surface area contributed by atoms with Gasteiger partial charge in [-0.15, -0.1) is 0 Å². The number of rotatable bonds is 5. The second-order valence-corrected chi connectivity index (χ2v) is 5.60. The fourth-order valence-corrected chi connectivity index (χ4v) is 3.04. The van der Waals surface area contributed by atoms with Gasteiger partial charge in [0.1, 0.15) is 0 Å². The monoisotopic (exact) mass is 225 g/mol. The highest BCUT2D eigenvalue weighted by Gasteiger charge is 2.18. The molecule has 2 saturated carbocycles. The van der Waals surface area contributed by atoms with E-state index in [2.05, 4.69) is 12.2 Å². The van der Waals surface area contributed by atoms with Crippen molar-refractivity contribution in [2.24, 2.45) is 0 Å². The summed E-state index contributed by atoms with van der Waals surface area (Å²) < 4.78 is 6.09. The smallest absolute Gasteiger partial charge is 0.0675 e. The second-order valence-electron chi connectivity index (χ2n) is 5.60. The Morgan fingerprint density at radius 3 is 2.31 bits per heavy atom. The van der Waals surface area contributed by atoms with Gasteiger partial charge in [0, 0.05) is 12.6 Å². The highest BCUT2D eigenvalue weighted by molar-refractivity contribution is 4.75. The maximum Gasteiger partial charge on any atom is 0.0675 e. The lowest BCUT2D eigenvalue weighted by atomic mass is 9.98. The third kappa shape index (κ3) is 4.06. The molecule has 0 saturated heterocycles. The minimum Gasteiger partial charge on any atom is -0.374 e. The number of hydrogen-bond donors (Lipinski definition) is 1. The lowest BCUT2D eigenvalue weighted by Crippen LogP contribution is -2.36. The van der Waals surface area contributed by atoms with Crippen molar-refractivity contribution < 1.29 is 4.74 Å². The molecule has 0 bridgehead atoms. The first kappa shape index (κ1) is 12.4. The molecular weight excluding hydrogens is 198 g/mol. The van der Waals surface area contributed by atoms with Crippen LogP contribution in [0.2, 0.25) is 0 Å². The fourth-order valence-electron chi connectivity index (χ4n) is 3.04. The van der Waals surface area contributed by atoms with E-state index in [4.69, 9.17) is 4.74 Å². The first-order valence-corrected chi connectivity index (χ1v) is 7.23. The Balaban J connectivity index is 1.57. The summed E-state index contributed by atoms with van der Waals surface area (Å²) in [5.41, 5.74) is 0. The van der Waals surface area contributed by atoms with Crippen molar-refractivity contribution >= 4 is 0 Å². The van der Waals surface area contributed by atoms with Crippen LogP contribution in [0.15, 0.2) is 0 Å². The van der Waals surface area contributed by atoms with Crippen LogP contribution in [0.3, 0.4) is 0 Å². The molecule has 0 aromatic heterocycles. The molecule has 2 fully saturated rings. The van der Waals surface area contributed by atoms with E-state index in [9.17, 15) is 0 Å². The zero-order chi connectivity index (χ0) is 11.2. The van der Waals surface area contributed by atoms with Gasteiger partial charge in [-0.3, -0.25) is 0 Å². The van der Waals surface area contributed by atoms with Gasteiger partial charge in [-0.1, -0.05) is 32.1 Å². The summed E-state index contributed by atoms with van der Waals surface area (Å²) in [5, 5.41) is 3.65. The zero-order valence-electron chi connectivity index (χ0n) is 10.7. The van der Waals surface area contributed by atoms with Gasteiger partial charge in [0.2, 0.25) is 0 Å². The Morgan fingerprint density at radius 2 is 1.62 bits per heavy atom. The SMILES string of the molecule is CC(CNC1CCCC1)OC1CCCCC1. The third-order valence-electron chi connectivity index (χ3n) is 4.03. The van der Waals surface area contributed by atoms with Crippen molar-refractivity contribution in [1.82, 2.24) is 5.32 Å². The van der Waals surface area contributed by atoms with Crippen molar-refractivity contribution in [2.75, 3.05) is 6.54 Å². The van der Waals surface area contributed by atoms with Gasteiger partial charge in [0.25, 0.3) is 0 Å².